The van der Waals surface area contributed by atoms with E-state index in [9.17, 15) is 5.11 Å². The highest BCUT2D eigenvalue weighted by atomic mass is 16.5. The molecule has 1 aromatic carbocycles. The normalized spacial score (nSPS) is 18.5. The summed E-state index contributed by atoms with van der Waals surface area (Å²) in [6.45, 7) is 3.28. The number of hydrogen-bond donors (Lipinski definition) is 1. The molecule has 0 amide bonds. The molecule has 1 fully saturated rings. The molecule has 0 saturated heterocycles. The van der Waals surface area contributed by atoms with Crippen LogP contribution in [-0.4, -0.2) is 36.2 Å². The topological polar surface area (TPSA) is 32.7 Å². The van der Waals surface area contributed by atoms with Crippen LogP contribution in [0.3, 0.4) is 0 Å². The lowest BCUT2D eigenvalue weighted by atomic mass is 10.0. The quantitative estimate of drug-likeness (QED) is 0.810. The molecule has 0 bridgehead atoms. The number of rotatable bonds is 6. The Hall–Kier alpha value is -1.06. The first kappa shape index (κ1) is 16.3. The minimum atomic E-state index is -0.485. The lowest BCUT2D eigenvalue weighted by Crippen LogP contribution is -2.34. The highest BCUT2D eigenvalue weighted by Gasteiger charge is 2.21. The highest BCUT2D eigenvalue weighted by Crippen LogP contribution is 2.27. The van der Waals surface area contributed by atoms with Gasteiger partial charge in [-0.1, -0.05) is 43.9 Å². The Morgan fingerprint density at radius 1 is 1.19 bits per heavy atom. The van der Waals surface area contributed by atoms with Crippen molar-refractivity contribution >= 4 is 0 Å². The Morgan fingerprint density at radius 3 is 2.52 bits per heavy atom. The van der Waals surface area contributed by atoms with Crippen molar-refractivity contribution in [3.63, 3.8) is 0 Å². The third-order valence-electron chi connectivity index (χ3n) is 4.49. The van der Waals surface area contributed by atoms with Gasteiger partial charge in [0.2, 0.25) is 0 Å². The van der Waals surface area contributed by atoms with Crippen LogP contribution in [0.1, 0.15) is 57.1 Å². The van der Waals surface area contributed by atoms with E-state index in [2.05, 4.69) is 11.9 Å². The summed E-state index contributed by atoms with van der Waals surface area (Å²) in [6, 6.07) is 8.44. The molecule has 1 atom stereocenters. The van der Waals surface area contributed by atoms with E-state index >= 15 is 0 Å². The van der Waals surface area contributed by atoms with Gasteiger partial charge in [0.25, 0.3) is 0 Å². The Labute approximate surface area is 128 Å². The zero-order chi connectivity index (χ0) is 15.1. The lowest BCUT2D eigenvalue weighted by molar-refractivity contribution is 0.0966. The van der Waals surface area contributed by atoms with E-state index in [-0.39, 0.29) is 0 Å². The minimum Gasteiger partial charge on any atom is -0.493 e. The Bertz CT molecular complexity index is 413. The fourth-order valence-electron chi connectivity index (χ4n) is 3.26. The van der Waals surface area contributed by atoms with Crippen LogP contribution in [0.15, 0.2) is 24.3 Å². The maximum Gasteiger partial charge on any atom is 0.125 e. The van der Waals surface area contributed by atoms with E-state index in [1.54, 1.807) is 0 Å². The second kappa shape index (κ2) is 8.40. The zero-order valence-corrected chi connectivity index (χ0v) is 13.4. The molecule has 1 saturated carbocycles. The predicted molar refractivity (Wildman–Crippen MR) is 86.7 cm³/mol. The second-order valence-corrected chi connectivity index (χ2v) is 6.07. The van der Waals surface area contributed by atoms with Gasteiger partial charge in [0.15, 0.2) is 0 Å². The molecule has 0 spiro atoms. The predicted octanol–water partition coefficient (Wildman–Crippen LogP) is 3.77. The maximum atomic E-state index is 10.6. The molecule has 3 heteroatoms. The molecular weight excluding hydrogens is 262 g/mol. The van der Waals surface area contributed by atoms with Crippen LogP contribution >= 0.6 is 0 Å². The lowest BCUT2D eigenvalue weighted by Gasteiger charge is -2.29. The third kappa shape index (κ3) is 4.72. The van der Waals surface area contributed by atoms with Crippen LogP contribution < -0.4 is 4.74 Å². The number of nitrogens with zero attached hydrogens (tertiary/aromatic N) is 1. The summed E-state index contributed by atoms with van der Waals surface area (Å²) in [5.74, 6) is 0.807. The fourth-order valence-corrected chi connectivity index (χ4v) is 3.26. The molecule has 21 heavy (non-hydrogen) atoms. The number of ether oxygens (including phenoxy) is 1. The minimum absolute atomic E-state index is 0.485. The largest absolute Gasteiger partial charge is 0.493 e. The van der Waals surface area contributed by atoms with Crippen molar-refractivity contribution in [2.45, 2.75) is 57.6 Å². The third-order valence-corrected chi connectivity index (χ3v) is 4.49. The smallest absolute Gasteiger partial charge is 0.125 e. The molecule has 1 unspecified atom stereocenters. The van der Waals surface area contributed by atoms with Gasteiger partial charge in [-0.25, -0.2) is 0 Å². The van der Waals surface area contributed by atoms with Gasteiger partial charge < -0.3 is 14.7 Å². The molecule has 1 N–H and O–H groups in total. The molecule has 2 rings (SSSR count). The van der Waals surface area contributed by atoms with E-state index in [1.807, 2.05) is 31.2 Å². The summed E-state index contributed by atoms with van der Waals surface area (Å²) in [5.41, 5.74) is 0.903. The molecule has 1 aliphatic carbocycles. The van der Waals surface area contributed by atoms with Crippen LogP contribution in [0.2, 0.25) is 0 Å². The molecule has 118 valence electrons. The van der Waals surface area contributed by atoms with Crippen molar-refractivity contribution in [2.75, 3.05) is 20.2 Å². The molecule has 1 aromatic rings. The summed E-state index contributed by atoms with van der Waals surface area (Å²) >= 11 is 0. The van der Waals surface area contributed by atoms with Gasteiger partial charge in [0.05, 0.1) is 12.7 Å². The summed E-state index contributed by atoms with van der Waals surface area (Å²) in [5, 5.41) is 10.6. The molecule has 0 heterocycles. The van der Waals surface area contributed by atoms with Crippen molar-refractivity contribution in [3.05, 3.63) is 29.8 Å². The fraction of sp³-hybridized carbons (Fsp3) is 0.667. The summed E-state index contributed by atoms with van der Waals surface area (Å²) in [4.78, 5) is 2.33. The maximum absolute atomic E-state index is 10.6. The van der Waals surface area contributed by atoms with Crippen molar-refractivity contribution in [2.24, 2.45) is 0 Å². The van der Waals surface area contributed by atoms with Crippen LogP contribution in [-0.2, 0) is 0 Å². The molecule has 0 aliphatic heterocycles. The molecule has 3 nitrogen and oxygen atoms in total. The van der Waals surface area contributed by atoms with Crippen LogP contribution in [0, 0.1) is 0 Å². The Balaban J connectivity index is 1.98. The zero-order valence-electron chi connectivity index (χ0n) is 13.4. The molecule has 0 radical (unpaired) electrons. The van der Waals surface area contributed by atoms with E-state index in [0.29, 0.717) is 19.2 Å². The van der Waals surface area contributed by atoms with Gasteiger partial charge in [-0.05, 0) is 32.9 Å². The van der Waals surface area contributed by atoms with E-state index in [0.717, 1.165) is 11.3 Å². The SMILES string of the molecule is CCOc1ccccc1C(O)CN(C)C1CCCCCC1. The molecule has 1 aliphatic rings. The number of likely N-dealkylation sites (N-methyl/N-ethyl adjacent to an activating group) is 1. The van der Waals surface area contributed by atoms with E-state index in [1.165, 1.54) is 38.5 Å². The van der Waals surface area contributed by atoms with Crippen LogP contribution in [0.5, 0.6) is 5.75 Å². The first-order valence-corrected chi connectivity index (χ1v) is 8.32. The first-order chi connectivity index (χ1) is 10.2. The van der Waals surface area contributed by atoms with E-state index in [4.69, 9.17) is 4.74 Å². The van der Waals surface area contributed by atoms with Gasteiger partial charge in [-0.15, -0.1) is 0 Å². The number of aliphatic hydroxyl groups is 1. The van der Waals surface area contributed by atoms with Crippen molar-refractivity contribution in [1.29, 1.82) is 0 Å². The van der Waals surface area contributed by atoms with Crippen molar-refractivity contribution in [3.8, 4) is 5.75 Å². The Kier molecular flexibility index (Phi) is 6.52. The van der Waals surface area contributed by atoms with Crippen LogP contribution in [0.25, 0.3) is 0 Å². The average Bonchev–Trinajstić information content (AvgIpc) is 2.77. The second-order valence-electron chi connectivity index (χ2n) is 6.07. The van der Waals surface area contributed by atoms with E-state index < -0.39 is 6.10 Å². The number of aliphatic hydroxyl groups excluding tert-OH is 1. The first-order valence-electron chi connectivity index (χ1n) is 8.32. The van der Waals surface area contributed by atoms with Gasteiger partial charge in [-0.3, -0.25) is 0 Å². The number of para-hydroxylation sites is 1. The van der Waals surface area contributed by atoms with Gasteiger partial charge in [0.1, 0.15) is 5.75 Å². The summed E-state index contributed by atoms with van der Waals surface area (Å²) < 4.78 is 5.63. The summed E-state index contributed by atoms with van der Waals surface area (Å²) in [6.07, 6.45) is 7.40. The molecular formula is C18H29NO2. The monoisotopic (exact) mass is 291 g/mol. The highest BCUT2D eigenvalue weighted by molar-refractivity contribution is 5.35. The number of hydrogen-bond acceptors (Lipinski definition) is 3. The van der Waals surface area contributed by atoms with Gasteiger partial charge in [0, 0.05) is 18.2 Å². The van der Waals surface area contributed by atoms with Crippen molar-refractivity contribution in [1.82, 2.24) is 4.90 Å². The standard InChI is InChI=1S/C18H29NO2/c1-3-21-18-13-9-8-12-16(18)17(20)14-19(2)15-10-6-4-5-7-11-15/h8-9,12-13,15,17,20H,3-7,10-11,14H2,1-2H3. The summed E-state index contributed by atoms with van der Waals surface area (Å²) in [7, 11) is 2.14. The average molecular weight is 291 g/mol. The van der Waals surface area contributed by atoms with Crippen molar-refractivity contribution < 1.29 is 9.84 Å². The Morgan fingerprint density at radius 2 is 1.86 bits per heavy atom. The number of benzene rings is 1. The van der Waals surface area contributed by atoms with Gasteiger partial charge in [-0.2, -0.15) is 0 Å². The molecule has 0 aromatic heterocycles. The van der Waals surface area contributed by atoms with Crippen LogP contribution in [0.4, 0.5) is 0 Å². The van der Waals surface area contributed by atoms with Gasteiger partial charge >= 0.3 is 0 Å².